The fraction of sp³-hybridized carbons (Fsp3) is 0.533. The molecule has 1 aromatic rings. The Hall–Kier alpha value is -1.45. The van der Waals surface area contributed by atoms with E-state index in [9.17, 15) is 22.0 Å². The number of alkyl halides is 2. The first kappa shape index (κ1) is 19.9. The number of methoxy groups -OCH3 is 1. The number of carbonyl (C=O) groups excluding carboxylic acids is 1. The Morgan fingerprint density at radius 1 is 1.44 bits per heavy atom. The van der Waals surface area contributed by atoms with Gasteiger partial charge in [-0.25, -0.2) is 21.9 Å². The monoisotopic (exact) mass is 397 g/mol. The minimum Gasteiger partial charge on any atom is -0.487 e. The van der Waals surface area contributed by atoms with Crippen molar-refractivity contribution in [3.05, 3.63) is 23.2 Å². The van der Waals surface area contributed by atoms with Crippen LogP contribution in [0.3, 0.4) is 0 Å². The second-order valence-electron chi connectivity index (χ2n) is 6.12. The lowest BCUT2D eigenvalue weighted by Crippen LogP contribution is -2.38. The van der Waals surface area contributed by atoms with Crippen molar-refractivity contribution in [3.63, 3.8) is 0 Å². The molecule has 0 heterocycles. The SMILES string of the molecule is COCC(C)Oc1ccc(Cl)cc1S(=O)(=O)NC(=O)C1(C)CC1(F)F. The van der Waals surface area contributed by atoms with Crippen LogP contribution in [0.5, 0.6) is 5.75 Å². The highest BCUT2D eigenvalue weighted by atomic mass is 35.5. The van der Waals surface area contributed by atoms with Gasteiger partial charge in [0.15, 0.2) is 0 Å². The van der Waals surface area contributed by atoms with Gasteiger partial charge in [-0.15, -0.1) is 0 Å². The Morgan fingerprint density at radius 3 is 2.56 bits per heavy atom. The van der Waals surface area contributed by atoms with Gasteiger partial charge in [0.2, 0.25) is 5.91 Å². The van der Waals surface area contributed by atoms with Crippen molar-refractivity contribution in [2.45, 2.75) is 37.2 Å². The first-order chi connectivity index (χ1) is 11.4. The third kappa shape index (κ3) is 4.04. The topological polar surface area (TPSA) is 81.7 Å². The molecule has 1 aliphatic rings. The Morgan fingerprint density at radius 2 is 2.04 bits per heavy atom. The summed E-state index contributed by atoms with van der Waals surface area (Å²) in [6.07, 6.45) is -1.19. The number of carbonyl (C=O) groups is 1. The number of rotatable bonds is 7. The van der Waals surface area contributed by atoms with Crippen LogP contribution in [0.4, 0.5) is 8.78 Å². The van der Waals surface area contributed by atoms with E-state index in [-0.39, 0.29) is 17.4 Å². The summed E-state index contributed by atoms with van der Waals surface area (Å²) in [6.45, 7) is 2.85. The van der Waals surface area contributed by atoms with Crippen molar-refractivity contribution < 1.29 is 31.5 Å². The summed E-state index contributed by atoms with van der Waals surface area (Å²) in [6, 6.07) is 3.81. The van der Waals surface area contributed by atoms with E-state index < -0.39 is 44.7 Å². The lowest BCUT2D eigenvalue weighted by molar-refractivity contribution is -0.127. The highest BCUT2D eigenvalue weighted by molar-refractivity contribution is 7.90. The van der Waals surface area contributed by atoms with E-state index in [4.69, 9.17) is 21.1 Å². The van der Waals surface area contributed by atoms with Gasteiger partial charge in [-0.3, -0.25) is 4.79 Å². The molecule has 2 atom stereocenters. The second-order valence-corrected chi connectivity index (χ2v) is 8.21. The number of nitrogens with one attached hydrogen (secondary N) is 1. The van der Waals surface area contributed by atoms with E-state index >= 15 is 0 Å². The summed E-state index contributed by atoms with van der Waals surface area (Å²) >= 11 is 5.83. The predicted molar refractivity (Wildman–Crippen MR) is 86.4 cm³/mol. The lowest BCUT2D eigenvalue weighted by atomic mass is 10.1. The van der Waals surface area contributed by atoms with Gasteiger partial charge in [0.05, 0.1) is 6.61 Å². The fourth-order valence-electron chi connectivity index (χ4n) is 2.21. The summed E-state index contributed by atoms with van der Waals surface area (Å²) in [4.78, 5) is 11.6. The first-order valence-electron chi connectivity index (χ1n) is 7.33. The van der Waals surface area contributed by atoms with Crippen LogP contribution >= 0.6 is 11.6 Å². The van der Waals surface area contributed by atoms with Gasteiger partial charge < -0.3 is 9.47 Å². The number of hydrogen-bond donors (Lipinski definition) is 1. The quantitative estimate of drug-likeness (QED) is 0.764. The zero-order chi connectivity index (χ0) is 19.0. The number of ether oxygens (including phenoxy) is 2. The normalized spacial score (nSPS) is 23.0. The Kier molecular flexibility index (Phi) is 5.32. The molecule has 1 amide bonds. The van der Waals surface area contributed by atoms with Gasteiger partial charge in [-0.2, -0.15) is 0 Å². The summed E-state index contributed by atoms with van der Waals surface area (Å²) < 4.78 is 63.7. The molecule has 10 heteroatoms. The highest BCUT2D eigenvalue weighted by Gasteiger charge is 2.73. The smallest absolute Gasteiger partial charge is 0.267 e. The molecule has 1 saturated carbocycles. The van der Waals surface area contributed by atoms with E-state index in [2.05, 4.69) is 0 Å². The van der Waals surface area contributed by atoms with Gasteiger partial charge >= 0.3 is 0 Å². The van der Waals surface area contributed by atoms with Crippen LogP contribution < -0.4 is 9.46 Å². The minimum atomic E-state index is -4.45. The molecule has 0 aromatic heterocycles. The van der Waals surface area contributed by atoms with Crippen molar-refractivity contribution >= 4 is 27.5 Å². The first-order valence-corrected chi connectivity index (χ1v) is 9.19. The van der Waals surface area contributed by atoms with Gasteiger partial charge in [-0.1, -0.05) is 11.6 Å². The van der Waals surface area contributed by atoms with Gasteiger partial charge in [0.25, 0.3) is 15.9 Å². The zero-order valence-electron chi connectivity index (χ0n) is 13.8. The van der Waals surface area contributed by atoms with Crippen LogP contribution in [-0.2, 0) is 19.6 Å². The number of benzene rings is 1. The van der Waals surface area contributed by atoms with Crippen LogP contribution in [0.25, 0.3) is 0 Å². The molecule has 1 N–H and O–H groups in total. The summed E-state index contributed by atoms with van der Waals surface area (Å²) in [5.74, 6) is -4.57. The van der Waals surface area contributed by atoms with E-state index in [0.29, 0.717) is 0 Å². The molecule has 2 rings (SSSR count). The van der Waals surface area contributed by atoms with Crippen LogP contribution in [0.2, 0.25) is 5.02 Å². The van der Waals surface area contributed by atoms with Gasteiger partial charge in [-0.05, 0) is 32.0 Å². The standard InChI is InChI=1S/C15H18ClF2NO5S/c1-9(7-23-3)24-11-5-4-10(16)6-12(11)25(21,22)19-13(20)14(2)8-15(14,17)18/h4-6,9H,7-8H2,1-3H3,(H,19,20). The zero-order valence-corrected chi connectivity index (χ0v) is 15.4. The molecule has 0 aliphatic heterocycles. The summed E-state index contributed by atoms with van der Waals surface area (Å²) in [5, 5.41) is 0.0857. The van der Waals surface area contributed by atoms with Crippen molar-refractivity contribution in [2.75, 3.05) is 13.7 Å². The second kappa shape index (κ2) is 6.69. The van der Waals surface area contributed by atoms with E-state index in [1.807, 2.05) is 0 Å². The van der Waals surface area contributed by atoms with Gasteiger partial charge in [0, 0.05) is 18.6 Å². The van der Waals surface area contributed by atoms with Crippen molar-refractivity contribution in [1.29, 1.82) is 0 Å². The average molecular weight is 398 g/mol. The average Bonchev–Trinajstić information content (AvgIpc) is 3.01. The van der Waals surface area contributed by atoms with Crippen LogP contribution in [0.15, 0.2) is 23.1 Å². The number of halogens is 3. The maximum Gasteiger partial charge on any atom is 0.267 e. The Balaban J connectivity index is 2.29. The third-order valence-electron chi connectivity index (χ3n) is 3.91. The van der Waals surface area contributed by atoms with Crippen molar-refractivity contribution in [2.24, 2.45) is 5.41 Å². The maximum absolute atomic E-state index is 13.3. The molecule has 6 nitrogen and oxygen atoms in total. The summed E-state index contributed by atoms with van der Waals surface area (Å²) in [5.41, 5.74) is -2.04. The summed E-state index contributed by atoms with van der Waals surface area (Å²) in [7, 11) is -3.00. The molecule has 0 spiro atoms. The molecule has 1 aromatic carbocycles. The number of amides is 1. The van der Waals surface area contributed by atoms with Crippen molar-refractivity contribution in [3.8, 4) is 5.75 Å². The Bertz CT molecular complexity index is 786. The Labute approximate surface area is 149 Å². The van der Waals surface area contributed by atoms with Crippen LogP contribution in [0, 0.1) is 5.41 Å². The molecule has 25 heavy (non-hydrogen) atoms. The predicted octanol–water partition coefficient (Wildman–Crippen LogP) is 2.60. The molecule has 1 aliphatic carbocycles. The number of hydrogen-bond acceptors (Lipinski definition) is 5. The van der Waals surface area contributed by atoms with E-state index in [1.54, 1.807) is 11.6 Å². The third-order valence-corrected chi connectivity index (χ3v) is 5.50. The molecule has 2 unspecified atom stereocenters. The molecule has 0 saturated heterocycles. The minimum absolute atomic E-state index is 0.0676. The maximum atomic E-state index is 13.3. The van der Waals surface area contributed by atoms with Gasteiger partial charge in [0.1, 0.15) is 22.2 Å². The fourth-order valence-corrected chi connectivity index (χ4v) is 3.69. The van der Waals surface area contributed by atoms with Crippen LogP contribution in [0.1, 0.15) is 20.3 Å². The molecule has 140 valence electrons. The van der Waals surface area contributed by atoms with Crippen LogP contribution in [-0.4, -0.2) is 40.1 Å². The molecular formula is C15H18ClF2NO5S. The molecule has 0 bridgehead atoms. The largest absolute Gasteiger partial charge is 0.487 e. The molecule has 0 radical (unpaired) electrons. The van der Waals surface area contributed by atoms with E-state index in [0.717, 1.165) is 13.0 Å². The van der Waals surface area contributed by atoms with Crippen molar-refractivity contribution in [1.82, 2.24) is 4.72 Å². The molecule has 1 fully saturated rings. The molecular weight excluding hydrogens is 380 g/mol. The number of sulfonamides is 1. The lowest BCUT2D eigenvalue weighted by Gasteiger charge is -2.18. The highest BCUT2D eigenvalue weighted by Crippen LogP contribution is 2.60. The van der Waals surface area contributed by atoms with E-state index in [1.165, 1.54) is 19.2 Å².